The van der Waals surface area contributed by atoms with E-state index < -0.39 is 12.8 Å². The molecule has 0 saturated heterocycles. The highest BCUT2D eigenvalue weighted by molar-refractivity contribution is 7.53. The minimum Gasteiger partial charge on any atom is -0.324 e. The van der Waals surface area contributed by atoms with Crippen molar-refractivity contribution in [3.8, 4) is 6.07 Å². The van der Waals surface area contributed by atoms with Crippen LogP contribution in [0.2, 0.25) is 0 Å². The Kier molecular flexibility index (Phi) is 3.01. The highest BCUT2D eigenvalue weighted by atomic mass is 31.2. The molecule has 0 fully saturated rings. The van der Waals surface area contributed by atoms with Crippen LogP contribution >= 0.6 is 7.60 Å². The molecule has 0 atom stereocenters. The largest absolute Gasteiger partial charge is 0.335 e. The van der Waals surface area contributed by atoms with Crippen LogP contribution in [0.5, 0.6) is 0 Å². The average molecular weight is 225 g/mol. The van der Waals surface area contributed by atoms with Crippen molar-refractivity contribution in [1.82, 2.24) is 0 Å². The number of benzene rings is 1. The van der Waals surface area contributed by atoms with Crippen molar-refractivity contribution in [2.24, 2.45) is 0 Å². The van der Waals surface area contributed by atoms with Crippen molar-refractivity contribution < 1.29 is 14.4 Å². The molecular formula is C10H12NO3P. The Morgan fingerprint density at radius 1 is 1.27 bits per heavy atom. The summed E-state index contributed by atoms with van der Waals surface area (Å²) in [6.07, 6.45) is 0. The zero-order valence-corrected chi connectivity index (χ0v) is 9.40. The molecule has 0 bridgehead atoms. The van der Waals surface area contributed by atoms with Crippen LogP contribution in [0.1, 0.15) is 25.0 Å². The van der Waals surface area contributed by atoms with Crippen LogP contribution in [0.15, 0.2) is 24.3 Å². The third-order valence-electron chi connectivity index (χ3n) is 2.45. The molecular weight excluding hydrogens is 213 g/mol. The zero-order valence-electron chi connectivity index (χ0n) is 8.51. The molecule has 0 aromatic heterocycles. The van der Waals surface area contributed by atoms with Crippen LogP contribution in [0.3, 0.4) is 0 Å². The van der Waals surface area contributed by atoms with Gasteiger partial charge in [-0.3, -0.25) is 4.57 Å². The summed E-state index contributed by atoms with van der Waals surface area (Å²) in [5, 5.41) is 7.37. The predicted octanol–water partition coefficient (Wildman–Crippen LogP) is 1.97. The Morgan fingerprint density at radius 2 is 1.73 bits per heavy atom. The summed E-state index contributed by atoms with van der Waals surface area (Å²) in [4.78, 5) is 18.3. The number of nitriles is 1. The van der Waals surface area contributed by atoms with Crippen molar-refractivity contribution in [3.05, 3.63) is 35.4 Å². The smallest absolute Gasteiger partial charge is 0.324 e. The van der Waals surface area contributed by atoms with Crippen molar-refractivity contribution >= 4 is 7.60 Å². The molecule has 0 unspecified atom stereocenters. The van der Waals surface area contributed by atoms with E-state index in [1.807, 2.05) is 6.07 Å². The van der Waals surface area contributed by atoms with Gasteiger partial charge in [0, 0.05) is 0 Å². The van der Waals surface area contributed by atoms with Crippen LogP contribution in [-0.2, 0) is 9.72 Å². The van der Waals surface area contributed by atoms with Gasteiger partial charge in [-0.1, -0.05) is 12.1 Å². The van der Waals surface area contributed by atoms with E-state index in [4.69, 9.17) is 5.26 Å². The van der Waals surface area contributed by atoms with E-state index >= 15 is 0 Å². The summed E-state index contributed by atoms with van der Waals surface area (Å²) in [5.41, 5.74) is 0.995. The summed E-state index contributed by atoms with van der Waals surface area (Å²) in [6.45, 7) is 2.96. The molecule has 4 nitrogen and oxygen atoms in total. The predicted molar refractivity (Wildman–Crippen MR) is 56.2 cm³/mol. The Hall–Kier alpha value is -1.14. The van der Waals surface area contributed by atoms with Gasteiger partial charge in [-0.15, -0.1) is 0 Å². The highest BCUT2D eigenvalue weighted by Crippen LogP contribution is 2.56. The van der Waals surface area contributed by atoms with Crippen LogP contribution in [-0.4, -0.2) is 9.79 Å². The lowest BCUT2D eigenvalue weighted by atomic mass is 10.0. The van der Waals surface area contributed by atoms with Crippen molar-refractivity contribution in [1.29, 1.82) is 5.26 Å². The zero-order chi connectivity index (χ0) is 11.7. The fourth-order valence-electron chi connectivity index (χ4n) is 1.12. The Bertz CT molecular complexity index is 439. The SMILES string of the molecule is CC(C)(c1ccc(C#N)cc1)P(=O)(O)O. The normalized spacial score (nSPS) is 12.2. The fourth-order valence-corrected chi connectivity index (χ4v) is 1.61. The third-order valence-corrected chi connectivity index (χ3v) is 4.16. The Labute approximate surface area is 88.3 Å². The lowest BCUT2D eigenvalue weighted by molar-refractivity contribution is 0.338. The molecule has 1 rings (SSSR count). The molecule has 0 heterocycles. The molecule has 0 aliphatic carbocycles. The standard InChI is InChI=1S/C10H12NO3P/c1-10(2,15(12,13)14)9-5-3-8(7-11)4-6-9/h3-6H,1-2H3,(H2,12,13,14). The van der Waals surface area contributed by atoms with E-state index in [2.05, 4.69) is 0 Å². The minimum absolute atomic E-state index is 0.472. The van der Waals surface area contributed by atoms with E-state index in [1.165, 1.54) is 13.8 Å². The first-order valence-corrected chi connectivity index (χ1v) is 5.96. The van der Waals surface area contributed by atoms with Crippen molar-refractivity contribution in [3.63, 3.8) is 0 Å². The van der Waals surface area contributed by atoms with Gasteiger partial charge in [-0.25, -0.2) is 0 Å². The molecule has 0 aliphatic rings. The van der Waals surface area contributed by atoms with E-state index in [-0.39, 0.29) is 0 Å². The monoisotopic (exact) mass is 225 g/mol. The van der Waals surface area contributed by atoms with Gasteiger partial charge in [0.2, 0.25) is 0 Å². The minimum atomic E-state index is -4.20. The molecule has 0 aliphatic heterocycles. The molecule has 0 amide bonds. The van der Waals surface area contributed by atoms with E-state index in [0.717, 1.165) is 0 Å². The van der Waals surface area contributed by atoms with E-state index in [1.54, 1.807) is 24.3 Å². The van der Waals surface area contributed by atoms with Gasteiger partial charge in [0.25, 0.3) is 0 Å². The second kappa shape index (κ2) is 3.79. The van der Waals surface area contributed by atoms with E-state index in [9.17, 15) is 14.4 Å². The number of hydrogen-bond acceptors (Lipinski definition) is 2. The maximum absolute atomic E-state index is 11.2. The third kappa shape index (κ3) is 2.27. The maximum Gasteiger partial charge on any atom is 0.335 e. The van der Waals surface area contributed by atoms with Crippen LogP contribution in [0.4, 0.5) is 0 Å². The molecule has 2 N–H and O–H groups in total. The summed E-state index contributed by atoms with van der Waals surface area (Å²) >= 11 is 0. The first kappa shape index (κ1) is 11.9. The van der Waals surface area contributed by atoms with Gasteiger partial charge in [0.1, 0.15) is 0 Å². The van der Waals surface area contributed by atoms with E-state index in [0.29, 0.717) is 11.1 Å². The Balaban J connectivity index is 3.18. The van der Waals surface area contributed by atoms with Gasteiger partial charge in [-0.05, 0) is 31.5 Å². The van der Waals surface area contributed by atoms with Gasteiger partial charge < -0.3 is 9.79 Å². The molecule has 0 radical (unpaired) electrons. The topological polar surface area (TPSA) is 81.3 Å². The van der Waals surface area contributed by atoms with Crippen LogP contribution < -0.4 is 0 Å². The number of rotatable bonds is 2. The molecule has 0 saturated carbocycles. The number of nitrogens with zero attached hydrogens (tertiary/aromatic N) is 1. The van der Waals surface area contributed by atoms with Gasteiger partial charge in [0.05, 0.1) is 16.8 Å². The first-order chi connectivity index (χ1) is 6.79. The van der Waals surface area contributed by atoms with Crippen LogP contribution in [0, 0.1) is 11.3 Å². The molecule has 1 aromatic rings. The Morgan fingerprint density at radius 3 is 2.07 bits per heavy atom. The lowest BCUT2D eigenvalue weighted by Crippen LogP contribution is -2.17. The summed E-state index contributed by atoms with van der Waals surface area (Å²) in [5.74, 6) is 0. The van der Waals surface area contributed by atoms with Crippen LogP contribution in [0.25, 0.3) is 0 Å². The summed E-state index contributed by atoms with van der Waals surface area (Å²) < 4.78 is 11.2. The quantitative estimate of drug-likeness (QED) is 0.754. The van der Waals surface area contributed by atoms with Gasteiger partial charge >= 0.3 is 7.60 Å². The lowest BCUT2D eigenvalue weighted by Gasteiger charge is -2.26. The second-order valence-corrected chi connectivity index (χ2v) is 6.00. The molecule has 15 heavy (non-hydrogen) atoms. The number of hydrogen-bond donors (Lipinski definition) is 2. The van der Waals surface area contributed by atoms with Crippen molar-refractivity contribution in [2.75, 3.05) is 0 Å². The molecule has 1 aromatic carbocycles. The fraction of sp³-hybridized carbons (Fsp3) is 0.300. The molecule has 0 spiro atoms. The van der Waals surface area contributed by atoms with Crippen molar-refractivity contribution in [2.45, 2.75) is 19.0 Å². The summed E-state index contributed by atoms with van der Waals surface area (Å²) in [7, 11) is -4.20. The summed E-state index contributed by atoms with van der Waals surface area (Å²) in [6, 6.07) is 8.18. The highest BCUT2D eigenvalue weighted by Gasteiger charge is 2.39. The van der Waals surface area contributed by atoms with Gasteiger partial charge in [-0.2, -0.15) is 5.26 Å². The van der Waals surface area contributed by atoms with Gasteiger partial charge in [0.15, 0.2) is 0 Å². The second-order valence-electron chi connectivity index (χ2n) is 3.79. The molecule has 80 valence electrons. The average Bonchev–Trinajstić information content (AvgIpc) is 2.16. The molecule has 5 heteroatoms. The first-order valence-electron chi connectivity index (χ1n) is 4.35. The maximum atomic E-state index is 11.2.